The Hall–Kier alpha value is -1.84. The lowest BCUT2D eigenvalue weighted by molar-refractivity contribution is -0.140. The summed E-state index contributed by atoms with van der Waals surface area (Å²) in [5.41, 5.74) is 2.97. The molecule has 138 valence electrons. The first-order valence-electron chi connectivity index (χ1n) is 10.2. The molecule has 0 aromatic heterocycles. The van der Waals surface area contributed by atoms with Crippen LogP contribution in [0.4, 0.5) is 11.4 Å². The molecule has 1 aliphatic heterocycles. The molecule has 2 amide bonds. The summed E-state index contributed by atoms with van der Waals surface area (Å²) < 4.78 is 0. The number of fused-ring (bicyclic) bond motifs is 1. The standard InChI is InChI=1S/C22H28N2O2/c1-14(25)24-6-2-3-18-10-19(4-5-20(18)24)23-21(26)22-11-15-7-16(12-22)9-17(8-15)13-22/h4-5,10,15-17H,2-3,6-9,11-13H2,1H3,(H,23,26). The van der Waals surface area contributed by atoms with E-state index in [2.05, 4.69) is 11.4 Å². The smallest absolute Gasteiger partial charge is 0.230 e. The summed E-state index contributed by atoms with van der Waals surface area (Å²) in [6.45, 7) is 2.42. The zero-order chi connectivity index (χ0) is 17.9. The van der Waals surface area contributed by atoms with Crippen LogP contribution in [0.2, 0.25) is 0 Å². The lowest BCUT2D eigenvalue weighted by Crippen LogP contribution is -2.51. The predicted octanol–water partition coefficient (Wildman–Crippen LogP) is 4.14. The van der Waals surface area contributed by atoms with Crippen LogP contribution in [0, 0.1) is 23.2 Å². The molecule has 26 heavy (non-hydrogen) atoms. The number of carbonyl (C=O) groups excluding carboxylic acids is 2. The van der Waals surface area contributed by atoms with Gasteiger partial charge in [-0.1, -0.05) is 0 Å². The number of anilines is 2. The lowest BCUT2D eigenvalue weighted by Gasteiger charge is -2.55. The second kappa shape index (κ2) is 5.83. The Labute approximate surface area is 155 Å². The highest BCUT2D eigenvalue weighted by molar-refractivity contribution is 5.97. The monoisotopic (exact) mass is 352 g/mol. The van der Waals surface area contributed by atoms with E-state index < -0.39 is 0 Å². The van der Waals surface area contributed by atoms with E-state index in [0.717, 1.165) is 67.8 Å². The van der Waals surface area contributed by atoms with Gasteiger partial charge in [0.2, 0.25) is 11.8 Å². The van der Waals surface area contributed by atoms with Gasteiger partial charge in [-0.3, -0.25) is 9.59 Å². The Kier molecular flexibility index (Phi) is 3.67. The summed E-state index contributed by atoms with van der Waals surface area (Å²) in [6.07, 6.45) is 9.29. The van der Waals surface area contributed by atoms with Gasteiger partial charge in [-0.15, -0.1) is 0 Å². The average Bonchev–Trinajstić information content (AvgIpc) is 2.59. The molecule has 5 aliphatic rings. The summed E-state index contributed by atoms with van der Waals surface area (Å²) in [5.74, 6) is 2.67. The molecule has 1 aromatic carbocycles. The van der Waals surface area contributed by atoms with Crippen molar-refractivity contribution in [2.45, 2.75) is 58.3 Å². The Morgan fingerprint density at radius 2 is 1.73 bits per heavy atom. The SMILES string of the molecule is CC(=O)N1CCCc2cc(NC(=O)C34CC5CC(CC(C5)C3)C4)ccc21. The molecule has 0 saturated heterocycles. The predicted molar refractivity (Wildman–Crippen MR) is 102 cm³/mol. The quantitative estimate of drug-likeness (QED) is 0.869. The van der Waals surface area contributed by atoms with Crippen LogP contribution in [-0.4, -0.2) is 18.4 Å². The molecular weight excluding hydrogens is 324 g/mol. The molecule has 1 heterocycles. The summed E-state index contributed by atoms with van der Waals surface area (Å²) in [4.78, 5) is 26.9. The molecule has 0 spiro atoms. The maximum Gasteiger partial charge on any atom is 0.230 e. The van der Waals surface area contributed by atoms with Gasteiger partial charge < -0.3 is 10.2 Å². The number of nitrogens with zero attached hydrogens (tertiary/aromatic N) is 1. The number of carbonyl (C=O) groups is 2. The van der Waals surface area contributed by atoms with Crippen molar-refractivity contribution in [2.24, 2.45) is 23.2 Å². The van der Waals surface area contributed by atoms with E-state index in [1.165, 1.54) is 24.8 Å². The zero-order valence-corrected chi connectivity index (χ0v) is 15.6. The molecule has 1 N–H and O–H groups in total. The Bertz CT molecular complexity index is 734. The van der Waals surface area contributed by atoms with Crippen LogP contribution in [0.25, 0.3) is 0 Å². The van der Waals surface area contributed by atoms with Crippen molar-refractivity contribution >= 4 is 23.2 Å². The van der Waals surface area contributed by atoms with E-state index >= 15 is 0 Å². The van der Waals surface area contributed by atoms with Crippen LogP contribution in [0.3, 0.4) is 0 Å². The molecule has 0 radical (unpaired) electrons. The van der Waals surface area contributed by atoms with Crippen LogP contribution >= 0.6 is 0 Å². The van der Waals surface area contributed by atoms with Crippen molar-refractivity contribution in [1.29, 1.82) is 0 Å². The van der Waals surface area contributed by atoms with Crippen molar-refractivity contribution in [3.05, 3.63) is 23.8 Å². The Morgan fingerprint density at radius 3 is 2.35 bits per heavy atom. The number of benzene rings is 1. The van der Waals surface area contributed by atoms with Gasteiger partial charge in [-0.2, -0.15) is 0 Å². The summed E-state index contributed by atoms with van der Waals surface area (Å²) in [6, 6.07) is 6.06. The van der Waals surface area contributed by atoms with Gasteiger partial charge >= 0.3 is 0 Å². The molecule has 4 saturated carbocycles. The van der Waals surface area contributed by atoms with Crippen LogP contribution in [0.5, 0.6) is 0 Å². The molecule has 6 rings (SSSR count). The number of hydrogen-bond donors (Lipinski definition) is 1. The molecular formula is C22H28N2O2. The fourth-order valence-corrected chi connectivity index (χ4v) is 6.65. The van der Waals surface area contributed by atoms with Crippen molar-refractivity contribution in [3.8, 4) is 0 Å². The third-order valence-corrected chi connectivity index (χ3v) is 7.36. The van der Waals surface area contributed by atoms with E-state index in [1.807, 2.05) is 17.0 Å². The van der Waals surface area contributed by atoms with Crippen LogP contribution in [0.1, 0.15) is 57.4 Å². The molecule has 0 unspecified atom stereocenters. The van der Waals surface area contributed by atoms with Gasteiger partial charge in [0.05, 0.1) is 5.41 Å². The first kappa shape index (κ1) is 16.3. The van der Waals surface area contributed by atoms with Gasteiger partial charge in [0.15, 0.2) is 0 Å². The fourth-order valence-electron chi connectivity index (χ4n) is 6.65. The molecule has 1 aromatic rings. The maximum absolute atomic E-state index is 13.2. The highest BCUT2D eigenvalue weighted by Gasteiger charge is 2.54. The Morgan fingerprint density at radius 1 is 1.08 bits per heavy atom. The molecule has 4 heteroatoms. The van der Waals surface area contributed by atoms with Crippen molar-refractivity contribution in [2.75, 3.05) is 16.8 Å². The third-order valence-electron chi connectivity index (χ3n) is 7.36. The molecule has 4 nitrogen and oxygen atoms in total. The minimum atomic E-state index is -0.115. The van der Waals surface area contributed by atoms with Crippen molar-refractivity contribution < 1.29 is 9.59 Å². The van der Waals surface area contributed by atoms with Crippen LogP contribution < -0.4 is 10.2 Å². The molecule has 4 aliphatic carbocycles. The average molecular weight is 352 g/mol. The Balaban J connectivity index is 1.37. The highest BCUT2D eigenvalue weighted by Crippen LogP contribution is 2.60. The van der Waals surface area contributed by atoms with E-state index in [4.69, 9.17) is 0 Å². The lowest BCUT2D eigenvalue weighted by atomic mass is 9.49. The van der Waals surface area contributed by atoms with Gasteiger partial charge in [0, 0.05) is 24.8 Å². The van der Waals surface area contributed by atoms with E-state index in [0.29, 0.717) is 0 Å². The topological polar surface area (TPSA) is 49.4 Å². The third kappa shape index (κ3) is 2.57. The second-order valence-corrected chi connectivity index (χ2v) is 9.27. The highest BCUT2D eigenvalue weighted by atomic mass is 16.2. The zero-order valence-electron chi connectivity index (χ0n) is 15.6. The fraction of sp³-hybridized carbons (Fsp3) is 0.636. The largest absolute Gasteiger partial charge is 0.326 e. The minimum Gasteiger partial charge on any atom is -0.326 e. The minimum absolute atomic E-state index is 0.0938. The number of hydrogen-bond acceptors (Lipinski definition) is 2. The number of amides is 2. The molecule has 0 atom stereocenters. The van der Waals surface area contributed by atoms with E-state index in [-0.39, 0.29) is 17.2 Å². The van der Waals surface area contributed by atoms with Crippen LogP contribution in [0.15, 0.2) is 18.2 Å². The molecule has 4 bridgehead atoms. The van der Waals surface area contributed by atoms with Gasteiger partial charge in [-0.05, 0) is 92.9 Å². The number of rotatable bonds is 2. The number of aryl methyl sites for hydroxylation is 1. The van der Waals surface area contributed by atoms with Crippen molar-refractivity contribution in [3.63, 3.8) is 0 Å². The van der Waals surface area contributed by atoms with Gasteiger partial charge in [0.25, 0.3) is 0 Å². The summed E-state index contributed by atoms with van der Waals surface area (Å²) in [5, 5.41) is 3.25. The first-order valence-corrected chi connectivity index (χ1v) is 10.2. The van der Waals surface area contributed by atoms with Gasteiger partial charge in [-0.25, -0.2) is 0 Å². The normalized spacial score (nSPS) is 34.5. The summed E-state index contributed by atoms with van der Waals surface area (Å²) >= 11 is 0. The summed E-state index contributed by atoms with van der Waals surface area (Å²) in [7, 11) is 0. The first-order chi connectivity index (χ1) is 12.5. The van der Waals surface area contributed by atoms with Crippen molar-refractivity contribution in [1.82, 2.24) is 0 Å². The number of nitrogens with one attached hydrogen (secondary N) is 1. The van der Waals surface area contributed by atoms with Gasteiger partial charge in [0.1, 0.15) is 0 Å². The van der Waals surface area contributed by atoms with E-state index in [9.17, 15) is 9.59 Å². The second-order valence-electron chi connectivity index (χ2n) is 9.27. The molecule has 4 fully saturated rings. The van der Waals surface area contributed by atoms with E-state index in [1.54, 1.807) is 6.92 Å². The maximum atomic E-state index is 13.2. The van der Waals surface area contributed by atoms with Crippen LogP contribution in [-0.2, 0) is 16.0 Å².